The zero-order valence-electron chi connectivity index (χ0n) is 15.5. The highest BCUT2D eigenvalue weighted by molar-refractivity contribution is 5.82. The van der Waals surface area contributed by atoms with Gasteiger partial charge in [0.05, 0.1) is 12.6 Å². The van der Waals surface area contributed by atoms with Crippen LogP contribution >= 0.6 is 0 Å². The molecule has 0 aliphatic carbocycles. The fourth-order valence-corrected chi connectivity index (χ4v) is 2.99. The number of hydrogen-bond acceptors (Lipinski definition) is 4. The number of hydrogen-bond donors (Lipinski definition) is 1. The maximum absolute atomic E-state index is 12.7. The topological polar surface area (TPSA) is 76.1 Å². The van der Waals surface area contributed by atoms with E-state index in [0.29, 0.717) is 12.3 Å². The molecule has 0 bridgehead atoms. The molecule has 0 aromatic heterocycles. The molecule has 1 fully saturated rings. The monoisotopic (exact) mass is 349 g/mol. The first-order valence-electron chi connectivity index (χ1n) is 8.63. The standard InChI is InChI=1S/C19H27NO5/c1-11(2)15-7-6-12(3)8-16(15)25-14(5)18(21)20-9-13(4)24-17(10-20)19(22)23/h6-8,11,13-14,17H,9-10H2,1-5H3,(H,22,23)/t13-,14?,17?/m1/s1. The lowest BCUT2D eigenvalue weighted by molar-refractivity contribution is -0.168. The fraction of sp³-hybridized carbons (Fsp3) is 0.579. The Labute approximate surface area is 148 Å². The fourth-order valence-electron chi connectivity index (χ4n) is 2.99. The van der Waals surface area contributed by atoms with Crippen molar-refractivity contribution in [2.75, 3.05) is 13.1 Å². The lowest BCUT2D eigenvalue weighted by Crippen LogP contribution is -2.54. The van der Waals surface area contributed by atoms with Crippen LogP contribution in [0.15, 0.2) is 18.2 Å². The molecule has 1 amide bonds. The van der Waals surface area contributed by atoms with Crippen molar-refractivity contribution in [1.82, 2.24) is 4.90 Å². The second kappa shape index (κ2) is 7.87. The summed E-state index contributed by atoms with van der Waals surface area (Å²) in [6.07, 6.45) is -2.01. The Balaban J connectivity index is 2.12. The summed E-state index contributed by atoms with van der Waals surface area (Å²) in [5, 5.41) is 9.16. The minimum atomic E-state index is -1.06. The molecule has 1 aliphatic rings. The maximum atomic E-state index is 12.7. The van der Waals surface area contributed by atoms with Crippen LogP contribution in [0.1, 0.15) is 44.7 Å². The van der Waals surface area contributed by atoms with E-state index in [1.54, 1.807) is 13.8 Å². The van der Waals surface area contributed by atoms with E-state index < -0.39 is 18.2 Å². The van der Waals surface area contributed by atoms with E-state index >= 15 is 0 Å². The van der Waals surface area contributed by atoms with Crippen LogP contribution < -0.4 is 4.74 Å². The van der Waals surface area contributed by atoms with Crippen LogP contribution in [0.2, 0.25) is 0 Å². The second-order valence-electron chi connectivity index (χ2n) is 6.97. The van der Waals surface area contributed by atoms with Gasteiger partial charge >= 0.3 is 5.97 Å². The number of benzene rings is 1. The largest absolute Gasteiger partial charge is 0.481 e. The normalized spacial score (nSPS) is 21.9. The van der Waals surface area contributed by atoms with E-state index in [0.717, 1.165) is 11.1 Å². The molecule has 1 saturated heterocycles. The highest BCUT2D eigenvalue weighted by atomic mass is 16.5. The number of carboxylic acids is 1. The molecule has 0 radical (unpaired) electrons. The predicted octanol–water partition coefficient (Wildman–Crippen LogP) is 2.59. The summed E-state index contributed by atoms with van der Waals surface area (Å²) in [7, 11) is 0. The average Bonchev–Trinajstić information content (AvgIpc) is 2.53. The van der Waals surface area contributed by atoms with Gasteiger partial charge < -0.3 is 19.5 Å². The second-order valence-corrected chi connectivity index (χ2v) is 6.97. The highest BCUT2D eigenvalue weighted by Crippen LogP contribution is 2.28. The van der Waals surface area contributed by atoms with Crippen LogP contribution in [-0.4, -0.2) is 53.3 Å². The number of aliphatic carboxylic acids is 1. The summed E-state index contributed by atoms with van der Waals surface area (Å²) in [4.78, 5) is 25.4. The van der Waals surface area contributed by atoms with Gasteiger partial charge in [-0.15, -0.1) is 0 Å². The molecule has 3 atom stereocenters. The molecule has 1 N–H and O–H groups in total. The molecule has 1 aromatic carbocycles. The van der Waals surface area contributed by atoms with Crippen LogP contribution in [0, 0.1) is 6.92 Å². The Bertz CT molecular complexity index is 643. The van der Waals surface area contributed by atoms with Gasteiger partial charge in [-0.2, -0.15) is 0 Å². The van der Waals surface area contributed by atoms with Crippen molar-refractivity contribution in [1.29, 1.82) is 0 Å². The number of amides is 1. The maximum Gasteiger partial charge on any atom is 0.334 e. The molecule has 6 heteroatoms. The van der Waals surface area contributed by atoms with Crippen LogP contribution in [0.5, 0.6) is 5.75 Å². The first kappa shape index (κ1) is 19.2. The van der Waals surface area contributed by atoms with E-state index in [9.17, 15) is 9.59 Å². The van der Waals surface area contributed by atoms with Crippen molar-refractivity contribution in [3.05, 3.63) is 29.3 Å². The molecule has 6 nitrogen and oxygen atoms in total. The van der Waals surface area contributed by atoms with Crippen LogP contribution in [0.3, 0.4) is 0 Å². The van der Waals surface area contributed by atoms with Gasteiger partial charge in [0.25, 0.3) is 5.91 Å². The quantitative estimate of drug-likeness (QED) is 0.884. The first-order chi connectivity index (χ1) is 11.7. The Morgan fingerprint density at radius 3 is 2.56 bits per heavy atom. The number of carbonyl (C=O) groups excluding carboxylic acids is 1. The highest BCUT2D eigenvalue weighted by Gasteiger charge is 2.34. The van der Waals surface area contributed by atoms with E-state index in [1.807, 2.05) is 25.1 Å². The van der Waals surface area contributed by atoms with Gasteiger partial charge in [0.2, 0.25) is 0 Å². The number of carboxylic acid groups (broad SMARTS) is 1. The van der Waals surface area contributed by atoms with Crippen LogP contribution in [-0.2, 0) is 14.3 Å². The van der Waals surface area contributed by atoms with E-state index in [4.69, 9.17) is 14.6 Å². The lowest BCUT2D eigenvalue weighted by Gasteiger charge is -2.36. The number of rotatable bonds is 5. The summed E-state index contributed by atoms with van der Waals surface area (Å²) in [5.74, 6) is -0.305. The molecule has 0 saturated carbocycles. The predicted molar refractivity (Wildman–Crippen MR) is 93.9 cm³/mol. The third-order valence-corrected chi connectivity index (χ3v) is 4.29. The van der Waals surface area contributed by atoms with Crippen LogP contribution in [0.4, 0.5) is 0 Å². The number of carbonyl (C=O) groups is 2. The van der Waals surface area contributed by atoms with Crippen LogP contribution in [0.25, 0.3) is 0 Å². The summed E-state index contributed by atoms with van der Waals surface area (Å²) in [6, 6.07) is 5.97. The van der Waals surface area contributed by atoms with Crippen molar-refractivity contribution < 1.29 is 24.2 Å². The Hall–Kier alpha value is -2.08. The number of morpholine rings is 1. The van der Waals surface area contributed by atoms with Gasteiger partial charge in [0.15, 0.2) is 12.2 Å². The summed E-state index contributed by atoms with van der Waals surface area (Å²) in [6.45, 7) is 9.99. The zero-order valence-corrected chi connectivity index (χ0v) is 15.5. The summed E-state index contributed by atoms with van der Waals surface area (Å²) >= 11 is 0. The van der Waals surface area contributed by atoms with E-state index in [1.165, 1.54) is 4.90 Å². The van der Waals surface area contributed by atoms with E-state index in [2.05, 4.69) is 13.8 Å². The molecular formula is C19H27NO5. The molecule has 25 heavy (non-hydrogen) atoms. The lowest BCUT2D eigenvalue weighted by atomic mass is 10.0. The van der Waals surface area contributed by atoms with Gasteiger partial charge in [0.1, 0.15) is 5.75 Å². The van der Waals surface area contributed by atoms with Gasteiger partial charge in [-0.3, -0.25) is 4.79 Å². The van der Waals surface area contributed by atoms with Gasteiger partial charge in [0, 0.05) is 6.54 Å². The van der Waals surface area contributed by atoms with Gasteiger partial charge in [-0.25, -0.2) is 4.79 Å². The van der Waals surface area contributed by atoms with Crippen molar-refractivity contribution in [2.24, 2.45) is 0 Å². The number of nitrogens with zero attached hydrogens (tertiary/aromatic N) is 1. The molecule has 2 unspecified atom stereocenters. The Morgan fingerprint density at radius 2 is 1.96 bits per heavy atom. The molecule has 1 aliphatic heterocycles. The van der Waals surface area contributed by atoms with Crippen molar-refractivity contribution in [3.8, 4) is 5.75 Å². The molecule has 1 aromatic rings. The smallest absolute Gasteiger partial charge is 0.334 e. The molecule has 2 rings (SSSR count). The van der Waals surface area contributed by atoms with Gasteiger partial charge in [-0.05, 0) is 43.9 Å². The minimum absolute atomic E-state index is 0.0388. The SMILES string of the molecule is Cc1ccc(C(C)C)c(OC(C)C(=O)N2CC(C(=O)O)O[C@H](C)C2)c1. The van der Waals surface area contributed by atoms with Gasteiger partial charge in [-0.1, -0.05) is 26.0 Å². The first-order valence-corrected chi connectivity index (χ1v) is 8.63. The molecular weight excluding hydrogens is 322 g/mol. The zero-order chi connectivity index (χ0) is 18.7. The number of ether oxygens (including phenoxy) is 2. The Kier molecular flexibility index (Phi) is 6.06. The van der Waals surface area contributed by atoms with E-state index in [-0.39, 0.29) is 24.5 Å². The summed E-state index contributed by atoms with van der Waals surface area (Å²) < 4.78 is 11.3. The molecule has 138 valence electrons. The Morgan fingerprint density at radius 1 is 1.28 bits per heavy atom. The van der Waals surface area contributed by atoms with Crippen molar-refractivity contribution >= 4 is 11.9 Å². The molecule has 1 heterocycles. The molecule has 0 spiro atoms. The average molecular weight is 349 g/mol. The third kappa shape index (κ3) is 4.72. The number of aryl methyl sites for hydroxylation is 1. The third-order valence-electron chi connectivity index (χ3n) is 4.29. The minimum Gasteiger partial charge on any atom is -0.481 e. The van der Waals surface area contributed by atoms with Crippen molar-refractivity contribution in [3.63, 3.8) is 0 Å². The summed E-state index contributed by atoms with van der Waals surface area (Å²) in [5.41, 5.74) is 2.11. The van der Waals surface area contributed by atoms with Crippen molar-refractivity contribution in [2.45, 2.75) is 58.8 Å².